The molecule has 3 N–H and O–H groups in total. The first kappa shape index (κ1) is 20.3. The lowest BCUT2D eigenvalue weighted by Gasteiger charge is -2.09. The topological polar surface area (TPSA) is 105 Å². The molecule has 29 heavy (non-hydrogen) atoms. The molecule has 9 heteroatoms. The Bertz CT molecular complexity index is 1030. The Kier molecular flexibility index (Phi) is 6.08. The van der Waals surface area contributed by atoms with Crippen molar-refractivity contribution in [3.05, 3.63) is 46.8 Å². The quantitative estimate of drug-likeness (QED) is 0.536. The van der Waals surface area contributed by atoms with E-state index < -0.39 is 0 Å². The van der Waals surface area contributed by atoms with Gasteiger partial charge in [-0.25, -0.2) is 4.98 Å². The van der Waals surface area contributed by atoms with Gasteiger partial charge in [-0.1, -0.05) is 11.3 Å². The second-order valence-electron chi connectivity index (χ2n) is 5.83. The van der Waals surface area contributed by atoms with Crippen LogP contribution in [0.1, 0.15) is 15.2 Å². The molecule has 0 atom stereocenters. The predicted octanol–water partition coefficient (Wildman–Crippen LogP) is 3.73. The molecule has 0 spiro atoms. The lowest BCUT2D eigenvalue weighted by molar-refractivity contribution is 0.104. The van der Waals surface area contributed by atoms with E-state index in [0.29, 0.717) is 38.6 Å². The molecule has 0 unspecified atom stereocenters. The number of thiazole rings is 1. The van der Waals surface area contributed by atoms with Gasteiger partial charge in [-0.05, 0) is 30.3 Å². The third kappa shape index (κ3) is 4.19. The van der Waals surface area contributed by atoms with Gasteiger partial charge in [-0.15, -0.1) is 0 Å². The number of nitrogens with two attached hydrogens (primary N) is 1. The number of nitrogen functional groups attached to an aromatic ring is 1. The normalized spacial score (nSPS) is 10.3. The second-order valence-corrected chi connectivity index (χ2v) is 6.83. The van der Waals surface area contributed by atoms with Gasteiger partial charge in [0.25, 0.3) is 0 Å². The van der Waals surface area contributed by atoms with Gasteiger partial charge in [0.15, 0.2) is 28.1 Å². The number of benzene rings is 2. The summed E-state index contributed by atoms with van der Waals surface area (Å²) in [5, 5.41) is 3.62. The minimum atomic E-state index is -0.249. The summed E-state index contributed by atoms with van der Waals surface area (Å²) in [6.45, 7) is 0. The summed E-state index contributed by atoms with van der Waals surface area (Å²) in [6.07, 6.45) is 0. The van der Waals surface area contributed by atoms with Crippen molar-refractivity contribution in [3.8, 4) is 23.0 Å². The number of hydrogen-bond donors (Lipinski definition) is 2. The zero-order valence-electron chi connectivity index (χ0n) is 16.4. The molecule has 3 rings (SSSR count). The van der Waals surface area contributed by atoms with Crippen molar-refractivity contribution in [2.24, 2.45) is 0 Å². The number of nitrogens with one attached hydrogen (secondary N) is 1. The molecular formula is C20H21N3O5S. The van der Waals surface area contributed by atoms with Crippen LogP contribution >= 0.6 is 11.3 Å². The number of carbonyl (C=O) groups is 1. The minimum absolute atomic E-state index is 0.151. The van der Waals surface area contributed by atoms with E-state index in [1.807, 2.05) is 6.07 Å². The number of ketones is 1. The first-order valence-electron chi connectivity index (χ1n) is 8.52. The van der Waals surface area contributed by atoms with Crippen LogP contribution in [-0.2, 0) is 0 Å². The molecular weight excluding hydrogens is 394 g/mol. The molecule has 0 fully saturated rings. The Balaban J connectivity index is 1.86. The average molecular weight is 415 g/mol. The number of carbonyl (C=O) groups excluding carboxylic acids is 1. The summed E-state index contributed by atoms with van der Waals surface area (Å²) in [4.78, 5) is 17.5. The Morgan fingerprint density at radius 1 is 0.897 bits per heavy atom. The van der Waals surface area contributed by atoms with E-state index in [9.17, 15) is 4.79 Å². The van der Waals surface area contributed by atoms with Gasteiger partial charge < -0.3 is 30.0 Å². The highest BCUT2D eigenvalue weighted by atomic mass is 32.1. The molecule has 0 amide bonds. The molecule has 1 aromatic heterocycles. The maximum atomic E-state index is 12.9. The molecule has 0 saturated heterocycles. The summed E-state index contributed by atoms with van der Waals surface area (Å²) in [7, 11) is 6.17. The third-order valence-corrected chi connectivity index (χ3v) is 5.13. The van der Waals surface area contributed by atoms with E-state index >= 15 is 0 Å². The maximum absolute atomic E-state index is 12.9. The summed E-state index contributed by atoms with van der Waals surface area (Å²) in [5.41, 5.74) is 7.15. The van der Waals surface area contributed by atoms with Crippen molar-refractivity contribution in [2.45, 2.75) is 0 Å². The van der Waals surface area contributed by atoms with Crippen LogP contribution in [0.4, 0.5) is 16.6 Å². The van der Waals surface area contributed by atoms with Crippen LogP contribution in [0.25, 0.3) is 0 Å². The molecule has 152 valence electrons. The number of methoxy groups -OCH3 is 4. The van der Waals surface area contributed by atoms with E-state index in [1.54, 1.807) is 44.6 Å². The average Bonchev–Trinajstić information content (AvgIpc) is 3.12. The molecule has 8 nitrogen and oxygen atoms in total. The number of hydrogen-bond acceptors (Lipinski definition) is 9. The molecule has 0 aliphatic heterocycles. The standard InChI is InChI=1S/C20H21N3O5S/c1-25-13-7-5-11(9-15(13)27-3)17(24)18-19(21)23-20(29-18)22-12-6-8-14(26-2)16(10-12)28-4/h5-10H,21H2,1-4H3,(H,22,23). The highest BCUT2D eigenvalue weighted by Crippen LogP contribution is 2.35. The van der Waals surface area contributed by atoms with E-state index in [1.165, 1.54) is 14.2 Å². The highest BCUT2D eigenvalue weighted by Gasteiger charge is 2.20. The van der Waals surface area contributed by atoms with Gasteiger partial charge in [0.2, 0.25) is 5.78 Å². The van der Waals surface area contributed by atoms with Gasteiger partial charge in [0.05, 0.1) is 28.4 Å². The van der Waals surface area contributed by atoms with Crippen molar-refractivity contribution in [1.82, 2.24) is 4.98 Å². The van der Waals surface area contributed by atoms with Gasteiger partial charge >= 0.3 is 0 Å². The van der Waals surface area contributed by atoms with Gasteiger partial charge in [0.1, 0.15) is 10.7 Å². The SMILES string of the molecule is COc1ccc(Nc2nc(N)c(C(=O)c3ccc(OC)c(OC)c3)s2)cc1OC. The third-order valence-electron chi connectivity index (χ3n) is 4.14. The Morgan fingerprint density at radius 2 is 1.48 bits per heavy atom. The lowest BCUT2D eigenvalue weighted by atomic mass is 10.1. The van der Waals surface area contributed by atoms with E-state index in [0.717, 1.165) is 17.0 Å². The van der Waals surface area contributed by atoms with Gasteiger partial charge in [-0.3, -0.25) is 4.79 Å². The van der Waals surface area contributed by atoms with E-state index in [-0.39, 0.29) is 11.6 Å². The first-order chi connectivity index (χ1) is 14.0. The fourth-order valence-electron chi connectivity index (χ4n) is 2.69. The predicted molar refractivity (Wildman–Crippen MR) is 112 cm³/mol. The van der Waals surface area contributed by atoms with E-state index in [4.69, 9.17) is 24.7 Å². The maximum Gasteiger partial charge on any atom is 0.206 e. The van der Waals surface area contributed by atoms with Crippen molar-refractivity contribution in [2.75, 3.05) is 39.5 Å². The number of nitrogens with zero attached hydrogens (tertiary/aromatic N) is 1. The van der Waals surface area contributed by atoms with Gasteiger partial charge in [-0.2, -0.15) is 0 Å². The highest BCUT2D eigenvalue weighted by molar-refractivity contribution is 7.18. The molecule has 0 saturated carbocycles. The number of rotatable bonds is 8. The van der Waals surface area contributed by atoms with Crippen molar-refractivity contribution >= 4 is 33.8 Å². The van der Waals surface area contributed by atoms with Crippen molar-refractivity contribution in [3.63, 3.8) is 0 Å². The zero-order valence-corrected chi connectivity index (χ0v) is 17.3. The fraction of sp³-hybridized carbons (Fsp3) is 0.200. The summed E-state index contributed by atoms with van der Waals surface area (Å²) in [6, 6.07) is 10.3. The van der Waals surface area contributed by atoms with Crippen LogP contribution in [0.3, 0.4) is 0 Å². The van der Waals surface area contributed by atoms with Crippen LogP contribution in [0.2, 0.25) is 0 Å². The molecule has 3 aromatic rings. The monoisotopic (exact) mass is 415 g/mol. The van der Waals surface area contributed by atoms with E-state index in [2.05, 4.69) is 10.3 Å². The zero-order chi connectivity index (χ0) is 21.0. The molecule has 0 radical (unpaired) electrons. The van der Waals surface area contributed by atoms with Crippen molar-refractivity contribution < 1.29 is 23.7 Å². The smallest absolute Gasteiger partial charge is 0.206 e. The number of ether oxygens (including phenoxy) is 4. The Morgan fingerprint density at radius 3 is 2.10 bits per heavy atom. The largest absolute Gasteiger partial charge is 0.493 e. The van der Waals surface area contributed by atoms with Gasteiger partial charge in [0, 0.05) is 17.3 Å². The van der Waals surface area contributed by atoms with Crippen LogP contribution in [0.5, 0.6) is 23.0 Å². The lowest BCUT2D eigenvalue weighted by Crippen LogP contribution is -2.03. The molecule has 0 aliphatic rings. The van der Waals surface area contributed by atoms with Crippen LogP contribution in [-0.4, -0.2) is 39.2 Å². The van der Waals surface area contributed by atoms with Crippen LogP contribution in [0.15, 0.2) is 36.4 Å². The van der Waals surface area contributed by atoms with Crippen LogP contribution < -0.4 is 30.0 Å². The first-order valence-corrected chi connectivity index (χ1v) is 9.34. The number of aromatic nitrogens is 1. The second kappa shape index (κ2) is 8.70. The van der Waals surface area contributed by atoms with Crippen LogP contribution in [0, 0.1) is 0 Å². The van der Waals surface area contributed by atoms with Crippen molar-refractivity contribution in [1.29, 1.82) is 0 Å². The summed E-state index contributed by atoms with van der Waals surface area (Å²) < 4.78 is 21.0. The summed E-state index contributed by atoms with van der Waals surface area (Å²) in [5.74, 6) is 2.09. The molecule has 0 bridgehead atoms. The Hall–Kier alpha value is -3.46. The number of anilines is 3. The molecule has 2 aromatic carbocycles. The molecule has 0 aliphatic carbocycles. The summed E-state index contributed by atoms with van der Waals surface area (Å²) >= 11 is 1.16. The fourth-order valence-corrected chi connectivity index (χ4v) is 3.56. The Labute approximate surface area is 172 Å². The molecule has 1 heterocycles. The minimum Gasteiger partial charge on any atom is -0.493 e.